The zero-order valence-corrected chi connectivity index (χ0v) is 9.27. The van der Waals surface area contributed by atoms with Crippen molar-refractivity contribution in [2.45, 2.75) is 32.2 Å². The van der Waals surface area contributed by atoms with Gasteiger partial charge in [-0.2, -0.15) is 17.0 Å². The van der Waals surface area contributed by atoms with E-state index in [0.717, 1.165) is 24.3 Å². The van der Waals surface area contributed by atoms with E-state index >= 15 is 0 Å². The Morgan fingerprint density at radius 1 is 1.64 bits per heavy atom. The number of nitriles is 1. The van der Waals surface area contributed by atoms with Crippen LogP contribution in [0.5, 0.6) is 0 Å². The van der Waals surface area contributed by atoms with E-state index < -0.39 is 5.92 Å². The number of amides is 1. The number of carbonyl (C=O) groups is 1. The first kappa shape index (κ1) is 11.4. The lowest BCUT2D eigenvalue weighted by molar-refractivity contribution is -0.124. The highest BCUT2D eigenvalue weighted by atomic mass is 32.2. The van der Waals surface area contributed by atoms with Gasteiger partial charge in [0.1, 0.15) is 5.92 Å². The molecule has 1 amide bonds. The van der Waals surface area contributed by atoms with Crippen LogP contribution in [0.25, 0.3) is 0 Å². The molecule has 78 valence electrons. The molecule has 0 bridgehead atoms. The van der Waals surface area contributed by atoms with Gasteiger partial charge in [0.05, 0.1) is 6.07 Å². The standard InChI is InChI=1S/C10H16N2OS/c1-2-8(7-11)10(13)12-9-3-5-14-6-4-9/h8-9H,2-6H2,1H3,(H,12,13). The number of hydrogen-bond acceptors (Lipinski definition) is 3. The SMILES string of the molecule is CCC(C#N)C(=O)NC1CCSCC1. The minimum Gasteiger partial charge on any atom is -0.352 e. The molecule has 1 aliphatic rings. The predicted octanol–water partition coefficient (Wildman–Crippen LogP) is 1.55. The van der Waals surface area contributed by atoms with Gasteiger partial charge in [0, 0.05) is 6.04 Å². The minimum atomic E-state index is -0.468. The molecule has 0 spiro atoms. The van der Waals surface area contributed by atoms with Gasteiger partial charge in [0.25, 0.3) is 0 Å². The molecule has 0 aliphatic carbocycles. The van der Waals surface area contributed by atoms with E-state index in [1.165, 1.54) is 0 Å². The smallest absolute Gasteiger partial charge is 0.237 e. The van der Waals surface area contributed by atoms with E-state index in [4.69, 9.17) is 5.26 Å². The molecule has 0 aromatic carbocycles. The van der Waals surface area contributed by atoms with Gasteiger partial charge in [-0.15, -0.1) is 0 Å². The molecule has 1 unspecified atom stereocenters. The maximum absolute atomic E-state index is 11.5. The Kier molecular flexibility index (Phi) is 4.81. The zero-order chi connectivity index (χ0) is 10.4. The van der Waals surface area contributed by atoms with Crippen LogP contribution in [0, 0.1) is 17.2 Å². The van der Waals surface area contributed by atoms with Crippen LogP contribution < -0.4 is 5.32 Å². The van der Waals surface area contributed by atoms with Crippen molar-refractivity contribution in [3.8, 4) is 6.07 Å². The van der Waals surface area contributed by atoms with Crippen LogP contribution in [-0.4, -0.2) is 23.5 Å². The van der Waals surface area contributed by atoms with Crippen LogP contribution in [0.4, 0.5) is 0 Å². The Morgan fingerprint density at radius 3 is 2.79 bits per heavy atom. The first-order valence-corrected chi connectivity index (χ1v) is 6.21. The Morgan fingerprint density at radius 2 is 2.29 bits per heavy atom. The van der Waals surface area contributed by atoms with Gasteiger partial charge < -0.3 is 5.32 Å². The summed E-state index contributed by atoms with van der Waals surface area (Å²) in [6.07, 6.45) is 2.68. The Balaban J connectivity index is 2.35. The fourth-order valence-corrected chi connectivity index (χ4v) is 2.59. The number of nitrogens with one attached hydrogen (secondary N) is 1. The van der Waals surface area contributed by atoms with E-state index in [0.29, 0.717) is 12.5 Å². The van der Waals surface area contributed by atoms with Crippen molar-refractivity contribution in [3.63, 3.8) is 0 Å². The third-order valence-electron chi connectivity index (χ3n) is 2.45. The Labute approximate surface area is 89.2 Å². The van der Waals surface area contributed by atoms with Gasteiger partial charge in [0.15, 0.2) is 0 Å². The Hall–Kier alpha value is -0.690. The second-order valence-electron chi connectivity index (χ2n) is 3.49. The summed E-state index contributed by atoms with van der Waals surface area (Å²) in [5.74, 6) is 1.68. The van der Waals surface area contributed by atoms with Crippen LogP contribution in [-0.2, 0) is 4.79 Å². The average Bonchev–Trinajstić information content (AvgIpc) is 2.21. The Bertz CT molecular complexity index is 231. The van der Waals surface area contributed by atoms with Crippen molar-refractivity contribution >= 4 is 17.7 Å². The fourth-order valence-electron chi connectivity index (χ4n) is 1.48. The summed E-state index contributed by atoms with van der Waals surface area (Å²) < 4.78 is 0. The lowest BCUT2D eigenvalue weighted by atomic mass is 10.1. The molecule has 3 nitrogen and oxygen atoms in total. The second kappa shape index (κ2) is 5.92. The maximum atomic E-state index is 11.5. The van der Waals surface area contributed by atoms with E-state index in [-0.39, 0.29) is 5.91 Å². The van der Waals surface area contributed by atoms with Gasteiger partial charge in [-0.05, 0) is 30.8 Å². The molecule has 1 saturated heterocycles. The van der Waals surface area contributed by atoms with Gasteiger partial charge in [-0.1, -0.05) is 6.92 Å². The molecule has 1 fully saturated rings. The summed E-state index contributed by atoms with van der Waals surface area (Å²) in [5.41, 5.74) is 0. The van der Waals surface area contributed by atoms with Crippen molar-refractivity contribution in [1.29, 1.82) is 5.26 Å². The normalized spacial score (nSPS) is 19.7. The summed E-state index contributed by atoms with van der Waals surface area (Å²) >= 11 is 1.93. The molecule has 1 heterocycles. The second-order valence-corrected chi connectivity index (χ2v) is 4.71. The summed E-state index contributed by atoms with van der Waals surface area (Å²) in [6, 6.07) is 2.32. The highest BCUT2D eigenvalue weighted by Crippen LogP contribution is 2.17. The highest BCUT2D eigenvalue weighted by molar-refractivity contribution is 7.99. The molecule has 1 rings (SSSR count). The molecule has 1 atom stereocenters. The van der Waals surface area contributed by atoms with Crippen molar-refractivity contribution in [3.05, 3.63) is 0 Å². The van der Waals surface area contributed by atoms with E-state index in [9.17, 15) is 4.79 Å². The summed E-state index contributed by atoms with van der Waals surface area (Å²) in [4.78, 5) is 11.5. The third-order valence-corrected chi connectivity index (χ3v) is 3.50. The van der Waals surface area contributed by atoms with Gasteiger partial charge in [0.2, 0.25) is 5.91 Å². The minimum absolute atomic E-state index is 0.0908. The van der Waals surface area contributed by atoms with E-state index in [1.807, 2.05) is 24.8 Å². The molecule has 1 aliphatic heterocycles. The average molecular weight is 212 g/mol. The van der Waals surface area contributed by atoms with Gasteiger partial charge >= 0.3 is 0 Å². The summed E-state index contributed by atoms with van der Waals surface area (Å²) in [5, 5.41) is 11.7. The maximum Gasteiger partial charge on any atom is 0.237 e. The van der Waals surface area contributed by atoms with Crippen molar-refractivity contribution < 1.29 is 4.79 Å². The number of rotatable bonds is 3. The van der Waals surface area contributed by atoms with Crippen LogP contribution in [0.2, 0.25) is 0 Å². The molecule has 0 aromatic rings. The number of nitrogens with zero attached hydrogens (tertiary/aromatic N) is 1. The van der Waals surface area contributed by atoms with E-state index in [1.54, 1.807) is 0 Å². The molecule has 14 heavy (non-hydrogen) atoms. The van der Waals surface area contributed by atoms with Crippen LogP contribution in [0.15, 0.2) is 0 Å². The predicted molar refractivity (Wildman–Crippen MR) is 57.9 cm³/mol. The monoisotopic (exact) mass is 212 g/mol. The van der Waals surface area contributed by atoms with Crippen LogP contribution >= 0.6 is 11.8 Å². The van der Waals surface area contributed by atoms with Crippen molar-refractivity contribution in [2.24, 2.45) is 5.92 Å². The highest BCUT2D eigenvalue weighted by Gasteiger charge is 2.20. The largest absolute Gasteiger partial charge is 0.352 e. The van der Waals surface area contributed by atoms with Crippen LogP contribution in [0.3, 0.4) is 0 Å². The molecule has 4 heteroatoms. The zero-order valence-electron chi connectivity index (χ0n) is 8.45. The molecule has 0 saturated carbocycles. The number of thioether (sulfide) groups is 1. The lowest BCUT2D eigenvalue weighted by Gasteiger charge is -2.23. The molecule has 1 N–H and O–H groups in total. The van der Waals surface area contributed by atoms with Crippen LogP contribution in [0.1, 0.15) is 26.2 Å². The molecular weight excluding hydrogens is 196 g/mol. The molecular formula is C10H16N2OS. The number of carbonyl (C=O) groups excluding carboxylic acids is 1. The lowest BCUT2D eigenvalue weighted by Crippen LogP contribution is -2.40. The van der Waals surface area contributed by atoms with Crippen molar-refractivity contribution in [1.82, 2.24) is 5.32 Å². The number of hydrogen-bond donors (Lipinski definition) is 1. The van der Waals surface area contributed by atoms with Crippen molar-refractivity contribution in [2.75, 3.05) is 11.5 Å². The topological polar surface area (TPSA) is 52.9 Å². The van der Waals surface area contributed by atoms with Gasteiger partial charge in [-0.25, -0.2) is 0 Å². The first-order valence-electron chi connectivity index (χ1n) is 5.05. The fraction of sp³-hybridized carbons (Fsp3) is 0.800. The van der Waals surface area contributed by atoms with E-state index in [2.05, 4.69) is 5.32 Å². The van der Waals surface area contributed by atoms with Gasteiger partial charge in [-0.3, -0.25) is 4.79 Å². The quantitative estimate of drug-likeness (QED) is 0.772. The third kappa shape index (κ3) is 3.22. The summed E-state index contributed by atoms with van der Waals surface area (Å²) in [6.45, 7) is 1.87. The molecule has 0 radical (unpaired) electrons. The first-order chi connectivity index (χ1) is 6.77. The molecule has 0 aromatic heterocycles. The summed E-state index contributed by atoms with van der Waals surface area (Å²) in [7, 11) is 0.